The van der Waals surface area contributed by atoms with Crippen molar-refractivity contribution < 1.29 is 8.42 Å². The molecule has 0 atom stereocenters. The van der Waals surface area contributed by atoms with Crippen LogP contribution in [0, 0.1) is 0 Å². The number of rotatable bonds is 3. The van der Waals surface area contributed by atoms with Crippen molar-refractivity contribution in [3.63, 3.8) is 0 Å². The predicted molar refractivity (Wildman–Crippen MR) is 98.3 cm³/mol. The molecule has 3 rings (SSSR count). The summed E-state index contributed by atoms with van der Waals surface area (Å²) in [6, 6.07) is 17.5. The van der Waals surface area contributed by atoms with Gasteiger partial charge in [-0.2, -0.15) is 0 Å². The maximum Gasteiger partial charge on any atom is 0.174 e. The molecule has 23 heavy (non-hydrogen) atoms. The van der Waals surface area contributed by atoms with Crippen molar-refractivity contribution in [1.29, 1.82) is 0 Å². The lowest BCUT2D eigenvalue weighted by molar-refractivity contribution is 0.606. The molecule has 0 radical (unpaired) electrons. The van der Waals surface area contributed by atoms with Crippen molar-refractivity contribution in [2.45, 2.75) is 0 Å². The molecule has 1 N–H and O–H groups in total. The molecule has 5 heteroatoms. The number of dihydropyridines is 1. The summed E-state index contributed by atoms with van der Waals surface area (Å²) in [7, 11) is -3.27. The number of sulfone groups is 1. The maximum atomic E-state index is 12.1. The minimum atomic E-state index is -3.27. The molecule has 0 saturated carbocycles. The minimum absolute atomic E-state index is 0.293. The average Bonchev–Trinajstić information content (AvgIpc) is 2.54. The highest BCUT2D eigenvalue weighted by Crippen LogP contribution is 2.30. The van der Waals surface area contributed by atoms with Crippen molar-refractivity contribution in [2.24, 2.45) is 0 Å². The zero-order chi connectivity index (χ0) is 16.4. The Morgan fingerprint density at radius 3 is 2.35 bits per heavy atom. The Morgan fingerprint density at radius 1 is 1.00 bits per heavy atom. The molecule has 1 heterocycles. The van der Waals surface area contributed by atoms with Crippen LogP contribution in [0.5, 0.6) is 0 Å². The molecular weight excluding hydrogens is 374 g/mol. The zero-order valence-electron chi connectivity index (χ0n) is 12.6. The van der Waals surface area contributed by atoms with Gasteiger partial charge in [-0.1, -0.05) is 58.4 Å². The summed E-state index contributed by atoms with van der Waals surface area (Å²) < 4.78 is 25.2. The second-order valence-electron chi connectivity index (χ2n) is 5.40. The summed E-state index contributed by atoms with van der Waals surface area (Å²) in [5.74, 6) is 0. The Balaban J connectivity index is 2.17. The van der Waals surface area contributed by atoms with E-state index in [9.17, 15) is 8.42 Å². The van der Waals surface area contributed by atoms with Gasteiger partial charge in [-0.3, -0.25) is 0 Å². The van der Waals surface area contributed by atoms with Gasteiger partial charge in [0.1, 0.15) is 0 Å². The first-order valence-electron chi connectivity index (χ1n) is 7.15. The van der Waals surface area contributed by atoms with Gasteiger partial charge in [0.05, 0.1) is 11.4 Å². The third-order valence-electron chi connectivity index (χ3n) is 3.70. The normalized spacial score (nSPS) is 15.1. The molecule has 1 aliphatic rings. The van der Waals surface area contributed by atoms with Gasteiger partial charge in [-0.05, 0) is 29.3 Å². The highest BCUT2D eigenvalue weighted by molar-refractivity contribution is 9.10. The molecule has 0 unspecified atom stereocenters. The molecule has 118 valence electrons. The number of benzene rings is 2. The van der Waals surface area contributed by atoms with E-state index < -0.39 is 9.84 Å². The lowest BCUT2D eigenvalue weighted by Gasteiger charge is -2.22. The Labute approximate surface area is 144 Å². The van der Waals surface area contributed by atoms with E-state index in [-0.39, 0.29) is 0 Å². The molecule has 0 fully saturated rings. The standard InChI is InChI=1S/C18H16BrNO2S/c1-23(21,22)18-12-20-17(14-8-5-9-15(19)10-14)11-16(18)13-6-3-2-4-7-13/h2-11,20H,12H2,1H3. The summed E-state index contributed by atoms with van der Waals surface area (Å²) >= 11 is 3.47. The Kier molecular flexibility index (Phi) is 4.41. The first-order valence-corrected chi connectivity index (χ1v) is 9.84. The molecule has 2 aromatic carbocycles. The molecule has 0 spiro atoms. The fraction of sp³-hybridized carbons (Fsp3) is 0.111. The van der Waals surface area contributed by atoms with Crippen LogP contribution in [-0.2, 0) is 9.84 Å². The van der Waals surface area contributed by atoms with Crippen molar-refractivity contribution in [1.82, 2.24) is 5.32 Å². The van der Waals surface area contributed by atoms with Crippen LogP contribution in [0.3, 0.4) is 0 Å². The van der Waals surface area contributed by atoms with E-state index in [1.54, 1.807) is 0 Å². The van der Waals surface area contributed by atoms with Crippen molar-refractivity contribution in [3.8, 4) is 0 Å². The number of nitrogens with one attached hydrogen (secondary N) is 1. The number of hydrogen-bond acceptors (Lipinski definition) is 3. The molecule has 0 aliphatic carbocycles. The topological polar surface area (TPSA) is 46.2 Å². The van der Waals surface area contributed by atoms with E-state index in [0.717, 1.165) is 26.9 Å². The van der Waals surface area contributed by atoms with Gasteiger partial charge in [0.15, 0.2) is 9.84 Å². The number of halogens is 1. The molecule has 1 aliphatic heterocycles. The quantitative estimate of drug-likeness (QED) is 0.866. The van der Waals surface area contributed by atoms with E-state index in [2.05, 4.69) is 21.2 Å². The van der Waals surface area contributed by atoms with Crippen LogP contribution in [0.15, 0.2) is 70.1 Å². The summed E-state index contributed by atoms with van der Waals surface area (Å²) in [6.45, 7) is 0.293. The Morgan fingerprint density at radius 2 is 1.70 bits per heavy atom. The van der Waals surface area contributed by atoms with Gasteiger partial charge < -0.3 is 5.32 Å². The summed E-state index contributed by atoms with van der Waals surface area (Å²) in [5.41, 5.74) is 3.58. The monoisotopic (exact) mass is 389 g/mol. The van der Waals surface area contributed by atoms with Crippen LogP contribution in [0.25, 0.3) is 11.3 Å². The van der Waals surface area contributed by atoms with E-state index in [4.69, 9.17) is 0 Å². The van der Waals surface area contributed by atoms with Gasteiger partial charge in [0.25, 0.3) is 0 Å². The number of hydrogen-bond donors (Lipinski definition) is 1. The molecule has 2 aromatic rings. The summed E-state index contributed by atoms with van der Waals surface area (Å²) in [5, 5.41) is 3.22. The Bertz CT molecular complexity index is 900. The van der Waals surface area contributed by atoms with Crippen molar-refractivity contribution in [2.75, 3.05) is 12.8 Å². The van der Waals surface area contributed by atoms with E-state index >= 15 is 0 Å². The average molecular weight is 390 g/mol. The van der Waals surface area contributed by atoms with Gasteiger partial charge in [-0.25, -0.2) is 8.42 Å². The zero-order valence-corrected chi connectivity index (χ0v) is 15.0. The fourth-order valence-electron chi connectivity index (χ4n) is 2.58. The fourth-order valence-corrected chi connectivity index (χ4v) is 3.89. The Hall–Kier alpha value is -1.85. The highest BCUT2D eigenvalue weighted by Gasteiger charge is 2.22. The maximum absolute atomic E-state index is 12.1. The second kappa shape index (κ2) is 6.34. The molecule has 0 saturated heterocycles. The third-order valence-corrected chi connectivity index (χ3v) is 5.45. The van der Waals surface area contributed by atoms with Gasteiger partial charge in [-0.15, -0.1) is 0 Å². The molecule has 0 bridgehead atoms. The third kappa shape index (κ3) is 3.57. The lowest BCUT2D eigenvalue weighted by atomic mass is 9.99. The SMILES string of the molecule is CS(=O)(=O)C1=C(c2ccccc2)C=C(c2cccc(Br)c2)NC1. The predicted octanol–water partition coefficient (Wildman–Crippen LogP) is 3.85. The smallest absolute Gasteiger partial charge is 0.174 e. The van der Waals surface area contributed by atoms with Crippen LogP contribution < -0.4 is 5.32 Å². The van der Waals surface area contributed by atoms with Crippen molar-refractivity contribution >= 4 is 37.0 Å². The molecule has 0 amide bonds. The lowest BCUT2D eigenvalue weighted by Crippen LogP contribution is -2.24. The summed E-state index contributed by atoms with van der Waals surface area (Å²) in [6.07, 6.45) is 3.17. The van der Waals surface area contributed by atoms with Gasteiger partial charge >= 0.3 is 0 Å². The first kappa shape index (κ1) is 16.0. The van der Waals surface area contributed by atoms with E-state index in [0.29, 0.717) is 11.4 Å². The first-order chi connectivity index (χ1) is 10.9. The minimum Gasteiger partial charge on any atom is -0.380 e. The van der Waals surface area contributed by atoms with Crippen LogP contribution in [0.4, 0.5) is 0 Å². The largest absolute Gasteiger partial charge is 0.380 e. The van der Waals surface area contributed by atoms with Crippen LogP contribution >= 0.6 is 15.9 Å². The number of allylic oxidation sites excluding steroid dienone is 2. The highest BCUT2D eigenvalue weighted by atomic mass is 79.9. The van der Waals surface area contributed by atoms with Crippen molar-refractivity contribution in [3.05, 3.63) is 81.2 Å². The van der Waals surface area contributed by atoms with Crippen LogP contribution in [0.1, 0.15) is 11.1 Å². The van der Waals surface area contributed by atoms with E-state index in [1.165, 1.54) is 6.26 Å². The summed E-state index contributed by atoms with van der Waals surface area (Å²) in [4.78, 5) is 0.419. The second-order valence-corrected chi connectivity index (χ2v) is 8.35. The van der Waals surface area contributed by atoms with Crippen LogP contribution in [-0.4, -0.2) is 21.2 Å². The van der Waals surface area contributed by atoms with E-state index in [1.807, 2.05) is 60.7 Å². The van der Waals surface area contributed by atoms with Crippen LogP contribution in [0.2, 0.25) is 0 Å². The van der Waals surface area contributed by atoms with Gasteiger partial charge in [0, 0.05) is 22.0 Å². The molecular formula is C18H16BrNO2S. The molecule has 3 nitrogen and oxygen atoms in total. The molecule has 0 aromatic heterocycles. The van der Waals surface area contributed by atoms with Gasteiger partial charge in [0.2, 0.25) is 0 Å².